The van der Waals surface area contributed by atoms with Crippen LogP contribution in [0.4, 0.5) is 13.2 Å². The van der Waals surface area contributed by atoms with Gasteiger partial charge in [-0.3, -0.25) is 19.0 Å². The number of amides is 2. The summed E-state index contributed by atoms with van der Waals surface area (Å²) < 4.78 is 41.5. The number of fused-ring (bicyclic) bond motifs is 1. The molecule has 0 spiro atoms. The van der Waals surface area contributed by atoms with E-state index in [-0.39, 0.29) is 41.9 Å². The average Bonchev–Trinajstić information content (AvgIpc) is 2.91. The first kappa shape index (κ1) is 29.1. The van der Waals surface area contributed by atoms with Crippen LogP contribution in [0.15, 0.2) is 47.3 Å². The molecule has 4 rings (SSSR count). The smallest absolute Gasteiger partial charge is 0.385 e. The summed E-state index contributed by atoms with van der Waals surface area (Å²) in [5.74, 6) is -1.23. The molecule has 1 aromatic heterocycles. The molecule has 1 unspecified atom stereocenters. The molecule has 0 saturated carbocycles. The molecule has 2 N–H and O–H groups in total. The third-order valence-corrected chi connectivity index (χ3v) is 7.02. The summed E-state index contributed by atoms with van der Waals surface area (Å²) in [5.41, 5.74) is -0.836. The van der Waals surface area contributed by atoms with Gasteiger partial charge in [0.05, 0.1) is 17.9 Å². The minimum Gasteiger partial charge on any atom is -0.385 e. The summed E-state index contributed by atoms with van der Waals surface area (Å²) in [5, 5.41) is 13.5. The van der Waals surface area contributed by atoms with E-state index in [2.05, 4.69) is 10.3 Å². The van der Waals surface area contributed by atoms with Crippen LogP contribution in [0.25, 0.3) is 5.69 Å². The minimum atomic E-state index is -4.73. The number of nitrogens with one attached hydrogen (secondary N) is 1. The summed E-state index contributed by atoms with van der Waals surface area (Å²) in [6.45, 7) is 5.07. The zero-order valence-electron chi connectivity index (χ0n) is 22.4. The molecule has 2 amide bonds. The lowest BCUT2D eigenvalue weighted by molar-refractivity contribution is -0.136. The number of benzene rings is 2. The van der Waals surface area contributed by atoms with Crippen LogP contribution >= 0.6 is 0 Å². The van der Waals surface area contributed by atoms with Gasteiger partial charge in [0.25, 0.3) is 17.4 Å². The normalized spacial score (nSPS) is 16.0. The number of aliphatic hydroxyl groups is 1. The number of halogens is 3. The van der Waals surface area contributed by atoms with E-state index in [1.54, 1.807) is 45.0 Å². The van der Waals surface area contributed by atoms with Gasteiger partial charge in [-0.2, -0.15) is 13.2 Å². The summed E-state index contributed by atoms with van der Waals surface area (Å²) in [7, 11) is 6.99. The second kappa shape index (κ2) is 10.9. The zero-order chi connectivity index (χ0) is 29.5. The molecule has 0 fully saturated rings. The van der Waals surface area contributed by atoms with E-state index in [0.717, 1.165) is 12.1 Å². The number of aromatic nitrogens is 2. The molecule has 12 heteroatoms. The van der Waals surface area contributed by atoms with Crippen LogP contribution in [0.2, 0.25) is 0 Å². The van der Waals surface area contributed by atoms with Crippen LogP contribution in [-0.2, 0) is 19.1 Å². The van der Waals surface area contributed by atoms with Crippen LogP contribution in [0, 0.1) is 5.92 Å². The quantitative estimate of drug-likeness (QED) is 0.474. The van der Waals surface area contributed by atoms with E-state index in [0.29, 0.717) is 16.8 Å². The van der Waals surface area contributed by atoms with Gasteiger partial charge in [-0.1, -0.05) is 31.4 Å². The Hall–Kier alpha value is -3.93. The standard InChI is InChI=1S/C28H28BF3N4O4/c1-14(2)23(37)24-34-22-13-35(26(39)17-7-10-21(29)20(12-17)28(30,31)32)15(3)11-19(22)27(40)36(24)18-8-5-16(6-9-18)25(38)33-4/h5-10,12,14-15,23,37H,11,13H2,1-4H3,(H,33,38)/t15-,23?/m1/s1. The number of aliphatic hydroxyl groups excluding tert-OH is 1. The molecule has 2 atom stereocenters. The summed E-state index contributed by atoms with van der Waals surface area (Å²) in [6, 6.07) is 8.73. The molecular weight excluding hydrogens is 524 g/mol. The number of carbonyl (C=O) groups is 2. The lowest BCUT2D eigenvalue weighted by Gasteiger charge is -2.35. The Bertz CT molecular complexity index is 1520. The van der Waals surface area contributed by atoms with Crippen molar-refractivity contribution in [3.05, 3.63) is 86.6 Å². The van der Waals surface area contributed by atoms with Gasteiger partial charge in [0.15, 0.2) is 0 Å². The molecule has 2 heterocycles. The zero-order valence-corrected chi connectivity index (χ0v) is 22.4. The lowest BCUT2D eigenvalue weighted by atomic mass is 9.88. The largest absolute Gasteiger partial charge is 0.415 e. The van der Waals surface area contributed by atoms with Crippen molar-refractivity contribution < 1.29 is 27.9 Å². The monoisotopic (exact) mass is 552 g/mol. The first-order valence-corrected chi connectivity index (χ1v) is 12.7. The van der Waals surface area contributed by atoms with Gasteiger partial charge < -0.3 is 15.3 Å². The second-order valence-electron chi connectivity index (χ2n) is 10.1. The van der Waals surface area contributed by atoms with E-state index in [4.69, 9.17) is 7.85 Å². The maximum atomic E-state index is 13.8. The fraction of sp³-hybridized carbons (Fsp3) is 0.357. The third kappa shape index (κ3) is 5.40. The van der Waals surface area contributed by atoms with Crippen molar-refractivity contribution in [2.75, 3.05) is 7.05 Å². The molecule has 40 heavy (non-hydrogen) atoms. The van der Waals surface area contributed by atoms with Gasteiger partial charge in [-0.15, -0.1) is 0 Å². The SMILES string of the molecule is [B]c1ccc(C(=O)N2Cc3nc(C(O)C(C)C)n(-c4ccc(C(=O)NC)cc4)c(=O)c3C[C@H]2C)cc1C(F)(F)F. The average molecular weight is 552 g/mol. The molecule has 8 nitrogen and oxygen atoms in total. The highest BCUT2D eigenvalue weighted by Gasteiger charge is 2.36. The van der Waals surface area contributed by atoms with Gasteiger partial charge in [0.2, 0.25) is 0 Å². The molecule has 1 aliphatic rings. The minimum absolute atomic E-state index is 0.0558. The number of carbonyl (C=O) groups excluding carboxylic acids is 2. The van der Waals surface area contributed by atoms with Crippen molar-refractivity contribution in [2.24, 2.45) is 5.92 Å². The van der Waals surface area contributed by atoms with Crippen molar-refractivity contribution in [3.8, 4) is 5.69 Å². The summed E-state index contributed by atoms with van der Waals surface area (Å²) in [4.78, 5) is 45.1. The number of hydrogen-bond donors (Lipinski definition) is 2. The Balaban J connectivity index is 1.78. The Labute approximate surface area is 230 Å². The number of nitrogens with zero attached hydrogens (tertiary/aromatic N) is 3. The van der Waals surface area contributed by atoms with E-state index in [1.807, 2.05) is 0 Å². The van der Waals surface area contributed by atoms with Crippen LogP contribution in [-0.4, -0.2) is 52.3 Å². The van der Waals surface area contributed by atoms with Gasteiger partial charge >= 0.3 is 6.18 Å². The van der Waals surface area contributed by atoms with Crippen LogP contribution in [0.3, 0.4) is 0 Å². The first-order chi connectivity index (χ1) is 18.7. The Morgan fingerprint density at radius 1 is 1.12 bits per heavy atom. The molecule has 208 valence electrons. The fourth-order valence-electron chi connectivity index (χ4n) is 4.70. The fourth-order valence-corrected chi connectivity index (χ4v) is 4.70. The van der Waals surface area contributed by atoms with Crippen molar-refractivity contribution in [3.63, 3.8) is 0 Å². The summed E-state index contributed by atoms with van der Waals surface area (Å²) in [6.07, 6.45) is -5.78. The lowest BCUT2D eigenvalue weighted by Crippen LogP contribution is -2.46. The summed E-state index contributed by atoms with van der Waals surface area (Å²) >= 11 is 0. The predicted molar refractivity (Wildman–Crippen MR) is 143 cm³/mol. The van der Waals surface area contributed by atoms with E-state index in [1.165, 1.54) is 22.6 Å². The Morgan fingerprint density at radius 2 is 1.75 bits per heavy atom. The van der Waals surface area contributed by atoms with E-state index >= 15 is 0 Å². The maximum Gasteiger partial charge on any atom is 0.415 e. The van der Waals surface area contributed by atoms with Crippen LogP contribution in [0.5, 0.6) is 0 Å². The Kier molecular flexibility index (Phi) is 7.93. The number of alkyl halides is 3. The van der Waals surface area contributed by atoms with Gasteiger partial charge in [-0.05, 0) is 49.6 Å². The molecule has 2 radical (unpaired) electrons. The van der Waals surface area contributed by atoms with Crippen LogP contribution < -0.4 is 16.3 Å². The van der Waals surface area contributed by atoms with E-state index in [9.17, 15) is 32.7 Å². The topological polar surface area (TPSA) is 105 Å². The van der Waals surface area contributed by atoms with Gasteiger partial charge in [0, 0.05) is 35.3 Å². The second-order valence-corrected chi connectivity index (χ2v) is 10.1. The van der Waals surface area contributed by atoms with Crippen molar-refractivity contribution in [2.45, 2.75) is 52.1 Å². The molecule has 0 bridgehead atoms. The molecule has 1 aliphatic heterocycles. The first-order valence-electron chi connectivity index (χ1n) is 12.7. The molecular formula is C28H28BF3N4O4. The molecule has 3 aromatic rings. The number of rotatable bonds is 5. The van der Waals surface area contributed by atoms with Crippen molar-refractivity contribution >= 4 is 25.1 Å². The highest BCUT2D eigenvalue weighted by molar-refractivity contribution is 6.33. The van der Waals surface area contributed by atoms with Gasteiger partial charge in [0.1, 0.15) is 19.8 Å². The van der Waals surface area contributed by atoms with Crippen molar-refractivity contribution in [1.29, 1.82) is 0 Å². The van der Waals surface area contributed by atoms with E-state index < -0.39 is 40.8 Å². The van der Waals surface area contributed by atoms with Gasteiger partial charge in [-0.25, -0.2) is 4.98 Å². The predicted octanol–water partition coefficient (Wildman–Crippen LogP) is 2.68. The highest BCUT2D eigenvalue weighted by Crippen LogP contribution is 2.30. The van der Waals surface area contributed by atoms with Crippen molar-refractivity contribution in [1.82, 2.24) is 19.8 Å². The molecule has 0 saturated heterocycles. The molecule has 2 aromatic carbocycles. The maximum absolute atomic E-state index is 13.8. The Morgan fingerprint density at radius 3 is 2.33 bits per heavy atom. The van der Waals surface area contributed by atoms with Crippen LogP contribution in [0.1, 0.15) is 70.2 Å². The highest BCUT2D eigenvalue weighted by atomic mass is 19.4. The number of hydrogen-bond acceptors (Lipinski definition) is 5. The molecule has 0 aliphatic carbocycles. The third-order valence-electron chi connectivity index (χ3n) is 7.02.